The molecular weight excluding hydrogens is 555 g/mol. The van der Waals surface area contributed by atoms with Crippen LogP contribution in [-0.4, -0.2) is 32.7 Å². The van der Waals surface area contributed by atoms with Crippen molar-refractivity contribution in [1.29, 1.82) is 5.26 Å². The van der Waals surface area contributed by atoms with Crippen LogP contribution in [0.15, 0.2) is 71.6 Å². The molecule has 0 spiro atoms. The zero-order valence-electron chi connectivity index (χ0n) is 22.8. The van der Waals surface area contributed by atoms with Crippen LogP contribution in [0, 0.1) is 17.2 Å². The van der Waals surface area contributed by atoms with Crippen LogP contribution in [-0.2, 0) is 16.0 Å². The Kier molecular flexibility index (Phi) is 8.63. The van der Waals surface area contributed by atoms with E-state index >= 15 is 0 Å². The SMILES string of the molecule is CCS(=O)(=O)c1ccc(C(CC#N)NC(=O)c2ccc3c(c2)OCC(C(C)C)N3c2ccc(C(F)(F)F)cc2)cc1. The van der Waals surface area contributed by atoms with E-state index < -0.39 is 33.5 Å². The van der Waals surface area contributed by atoms with E-state index in [-0.39, 0.29) is 41.2 Å². The van der Waals surface area contributed by atoms with Crippen molar-refractivity contribution < 1.29 is 31.1 Å². The van der Waals surface area contributed by atoms with Crippen LogP contribution in [0.1, 0.15) is 54.7 Å². The lowest BCUT2D eigenvalue weighted by atomic mass is 9.98. The number of fused-ring (bicyclic) bond motifs is 1. The molecule has 0 bridgehead atoms. The van der Waals surface area contributed by atoms with E-state index in [9.17, 15) is 31.6 Å². The van der Waals surface area contributed by atoms with Gasteiger partial charge in [-0.15, -0.1) is 0 Å². The van der Waals surface area contributed by atoms with Gasteiger partial charge in [0.1, 0.15) is 12.4 Å². The molecule has 7 nitrogen and oxygen atoms in total. The standard InChI is InChI=1S/C30H30F3N3O4S/c1-4-41(38,39)24-12-5-20(6-13-24)25(15-16-34)35-29(37)21-7-14-26-28(17-21)40-18-27(19(2)3)36(26)23-10-8-22(9-11-23)30(31,32)33/h5-14,17,19,25,27H,4,15,18H2,1-3H3,(H,35,37). The van der Waals surface area contributed by atoms with Crippen LogP contribution in [0.3, 0.4) is 0 Å². The van der Waals surface area contributed by atoms with Gasteiger partial charge < -0.3 is 15.0 Å². The second kappa shape index (κ2) is 11.8. The van der Waals surface area contributed by atoms with Gasteiger partial charge in [-0.05, 0) is 66.1 Å². The van der Waals surface area contributed by atoms with Crippen molar-refractivity contribution in [2.75, 3.05) is 17.3 Å². The van der Waals surface area contributed by atoms with Crippen molar-refractivity contribution in [2.24, 2.45) is 5.92 Å². The minimum Gasteiger partial charge on any atom is -0.489 e. The molecule has 0 radical (unpaired) electrons. The summed E-state index contributed by atoms with van der Waals surface area (Å²) in [5.74, 6) is 0.00695. The number of hydrogen-bond acceptors (Lipinski definition) is 6. The number of alkyl halides is 3. The fraction of sp³-hybridized carbons (Fsp3) is 0.333. The highest BCUT2D eigenvalue weighted by Gasteiger charge is 2.34. The average Bonchev–Trinajstić information content (AvgIpc) is 2.95. The smallest absolute Gasteiger partial charge is 0.416 e. The van der Waals surface area contributed by atoms with Gasteiger partial charge in [-0.3, -0.25) is 4.79 Å². The molecule has 0 aromatic heterocycles. The lowest BCUT2D eigenvalue weighted by molar-refractivity contribution is -0.137. The molecule has 1 heterocycles. The number of hydrogen-bond donors (Lipinski definition) is 1. The minimum absolute atomic E-state index is 0.0369. The second-order valence-electron chi connectivity index (χ2n) is 10.1. The Morgan fingerprint density at radius 2 is 1.76 bits per heavy atom. The van der Waals surface area contributed by atoms with E-state index in [4.69, 9.17) is 4.74 Å². The quantitative estimate of drug-likeness (QED) is 0.327. The number of amides is 1. The van der Waals surface area contributed by atoms with E-state index in [1.54, 1.807) is 37.3 Å². The maximum atomic E-state index is 13.2. The fourth-order valence-corrected chi connectivity index (χ4v) is 5.57. The summed E-state index contributed by atoms with van der Waals surface area (Å²) in [5, 5.41) is 12.2. The van der Waals surface area contributed by atoms with Crippen LogP contribution in [0.25, 0.3) is 0 Å². The Morgan fingerprint density at radius 3 is 2.32 bits per heavy atom. The molecule has 1 aliphatic heterocycles. The summed E-state index contributed by atoms with van der Waals surface area (Å²) in [6.07, 6.45) is -4.48. The molecule has 216 valence electrons. The molecule has 1 N–H and O–H groups in total. The topological polar surface area (TPSA) is 99.5 Å². The largest absolute Gasteiger partial charge is 0.489 e. The number of rotatable bonds is 8. The number of ether oxygens (including phenoxy) is 1. The molecule has 0 fully saturated rings. The van der Waals surface area contributed by atoms with Crippen molar-refractivity contribution >= 4 is 27.1 Å². The summed E-state index contributed by atoms with van der Waals surface area (Å²) in [5.41, 5.74) is 1.30. The molecule has 1 amide bonds. The Morgan fingerprint density at radius 1 is 1.10 bits per heavy atom. The molecule has 3 aromatic carbocycles. The molecule has 4 rings (SSSR count). The van der Waals surface area contributed by atoms with Gasteiger partial charge >= 0.3 is 6.18 Å². The first-order valence-electron chi connectivity index (χ1n) is 13.1. The van der Waals surface area contributed by atoms with Crippen molar-refractivity contribution in [2.45, 2.75) is 50.3 Å². The summed E-state index contributed by atoms with van der Waals surface area (Å²) in [7, 11) is -3.39. The van der Waals surface area contributed by atoms with Gasteiger partial charge in [0.05, 0.1) is 46.5 Å². The van der Waals surface area contributed by atoms with E-state index in [1.165, 1.54) is 24.3 Å². The maximum Gasteiger partial charge on any atom is 0.416 e. The van der Waals surface area contributed by atoms with Crippen LogP contribution >= 0.6 is 0 Å². The average molecular weight is 586 g/mol. The van der Waals surface area contributed by atoms with E-state index in [0.717, 1.165) is 12.1 Å². The van der Waals surface area contributed by atoms with Crippen LogP contribution in [0.5, 0.6) is 5.75 Å². The number of nitrogens with zero attached hydrogens (tertiary/aromatic N) is 2. The van der Waals surface area contributed by atoms with Gasteiger partial charge in [0.25, 0.3) is 5.91 Å². The lowest BCUT2D eigenvalue weighted by Gasteiger charge is -2.41. The molecule has 0 aliphatic carbocycles. The van der Waals surface area contributed by atoms with E-state index in [2.05, 4.69) is 5.32 Å². The van der Waals surface area contributed by atoms with Crippen molar-refractivity contribution in [3.8, 4) is 11.8 Å². The molecule has 0 saturated carbocycles. The molecule has 3 aromatic rings. The zero-order valence-corrected chi connectivity index (χ0v) is 23.6. The minimum atomic E-state index is -4.44. The van der Waals surface area contributed by atoms with Crippen LogP contribution in [0.2, 0.25) is 0 Å². The number of halogens is 3. The number of anilines is 2. The van der Waals surface area contributed by atoms with Crippen LogP contribution in [0.4, 0.5) is 24.5 Å². The molecular formula is C30H30F3N3O4S. The summed E-state index contributed by atoms with van der Waals surface area (Å²) >= 11 is 0. The zero-order chi connectivity index (χ0) is 29.9. The second-order valence-corrected chi connectivity index (χ2v) is 12.4. The van der Waals surface area contributed by atoms with Gasteiger partial charge in [0.15, 0.2) is 9.84 Å². The highest BCUT2D eigenvalue weighted by atomic mass is 32.2. The van der Waals surface area contributed by atoms with Gasteiger partial charge in [0, 0.05) is 11.3 Å². The Balaban J connectivity index is 1.61. The van der Waals surface area contributed by atoms with Crippen molar-refractivity contribution in [1.82, 2.24) is 5.32 Å². The van der Waals surface area contributed by atoms with Gasteiger partial charge in [-0.2, -0.15) is 18.4 Å². The molecule has 2 unspecified atom stereocenters. The summed E-state index contributed by atoms with van der Waals surface area (Å²) in [6, 6.07) is 17.1. The van der Waals surface area contributed by atoms with Crippen molar-refractivity contribution in [3.63, 3.8) is 0 Å². The number of sulfone groups is 1. The Labute approximate surface area is 237 Å². The Bertz CT molecular complexity index is 1550. The number of nitrogens with one attached hydrogen (secondary N) is 1. The third-order valence-corrected chi connectivity index (χ3v) is 8.84. The summed E-state index contributed by atoms with van der Waals surface area (Å²) in [4.78, 5) is 15.3. The predicted octanol–water partition coefficient (Wildman–Crippen LogP) is 6.44. The number of carbonyl (C=O) groups is 1. The van der Waals surface area contributed by atoms with Crippen molar-refractivity contribution in [3.05, 3.63) is 83.4 Å². The van der Waals surface area contributed by atoms with E-state index in [1.807, 2.05) is 24.8 Å². The normalized spacial score (nSPS) is 16.0. The predicted molar refractivity (Wildman–Crippen MR) is 149 cm³/mol. The van der Waals surface area contributed by atoms with Gasteiger partial charge in [0.2, 0.25) is 0 Å². The highest BCUT2D eigenvalue weighted by Crippen LogP contribution is 2.42. The molecule has 0 saturated heterocycles. The third-order valence-electron chi connectivity index (χ3n) is 7.09. The first-order valence-corrected chi connectivity index (χ1v) is 14.7. The fourth-order valence-electron chi connectivity index (χ4n) is 4.69. The Hall–Kier alpha value is -4.04. The first-order chi connectivity index (χ1) is 19.4. The highest BCUT2D eigenvalue weighted by molar-refractivity contribution is 7.91. The van der Waals surface area contributed by atoms with Gasteiger partial charge in [-0.25, -0.2) is 8.42 Å². The molecule has 41 heavy (non-hydrogen) atoms. The molecule has 2 atom stereocenters. The number of nitriles is 1. The number of carbonyl (C=O) groups excluding carboxylic acids is 1. The lowest BCUT2D eigenvalue weighted by Crippen LogP contribution is -2.43. The van der Waals surface area contributed by atoms with Crippen LogP contribution < -0.4 is 15.0 Å². The number of benzene rings is 3. The first kappa shape index (κ1) is 29.9. The maximum absolute atomic E-state index is 13.2. The summed E-state index contributed by atoms with van der Waals surface area (Å²) < 4.78 is 69.7. The summed E-state index contributed by atoms with van der Waals surface area (Å²) in [6.45, 7) is 5.81. The van der Waals surface area contributed by atoms with E-state index in [0.29, 0.717) is 22.7 Å². The van der Waals surface area contributed by atoms with Gasteiger partial charge in [-0.1, -0.05) is 32.9 Å². The molecule has 11 heteroatoms. The third kappa shape index (κ3) is 6.49. The molecule has 1 aliphatic rings. The monoisotopic (exact) mass is 585 g/mol.